The minimum Gasteiger partial charge on any atom is -0.468 e. The van der Waals surface area contributed by atoms with Crippen LogP contribution < -0.4 is 5.32 Å². The van der Waals surface area contributed by atoms with Crippen LogP contribution in [0.2, 0.25) is 0 Å². The van der Waals surface area contributed by atoms with Crippen molar-refractivity contribution in [2.75, 3.05) is 33.3 Å². The topological polar surface area (TPSA) is 58.6 Å². The molecule has 5 heteroatoms. The van der Waals surface area contributed by atoms with Crippen molar-refractivity contribution in [1.29, 1.82) is 0 Å². The number of methoxy groups -OCH3 is 1. The predicted octanol–water partition coefficient (Wildman–Crippen LogP) is 0.00750. The van der Waals surface area contributed by atoms with E-state index >= 15 is 0 Å². The molecule has 0 atom stereocenters. The van der Waals surface area contributed by atoms with Crippen LogP contribution in [0.3, 0.4) is 0 Å². The van der Waals surface area contributed by atoms with Gasteiger partial charge in [0.15, 0.2) is 0 Å². The van der Waals surface area contributed by atoms with Crippen molar-refractivity contribution in [3.8, 4) is 0 Å². The molecular weight excluding hydrogens is 196 g/mol. The number of esters is 1. The fourth-order valence-electron chi connectivity index (χ4n) is 1.23. The normalized spacial score (nSPS) is 10.1. The molecule has 0 aliphatic rings. The van der Waals surface area contributed by atoms with E-state index in [0.29, 0.717) is 13.1 Å². The number of rotatable bonds is 7. The lowest BCUT2D eigenvalue weighted by atomic mass is 10.3. The van der Waals surface area contributed by atoms with E-state index in [1.165, 1.54) is 7.11 Å². The second-order valence-corrected chi connectivity index (χ2v) is 3.24. The van der Waals surface area contributed by atoms with E-state index < -0.39 is 0 Å². The van der Waals surface area contributed by atoms with Gasteiger partial charge >= 0.3 is 5.97 Å². The summed E-state index contributed by atoms with van der Waals surface area (Å²) < 4.78 is 4.56. The Morgan fingerprint density at radius 1 is 1.27 bits per heavy atom. The van der Waals surface area contributed by atoms with Gasteiger partial charge in [-0.15, -0.1) is 0 Å². The number of carbonyl (C=O) groups excluding carboxylic acids is 2. The molecule has 0 bridgehead atoms. The van der Waals surface area contributed by atoms with Crippen molar-refractivity contribution < 1.29 is 14.3 Å². The third-order valence-corrected chi connectivity index (χ3v) is 1.86. The van der Waals surface area contributed by atoms with Crippen LogP contribution in [-0.4, -0.2) is 50.1 Å². The molecule has 0 aromatic rings. The van der Waals surface area contributed by atoms with Gasteiger partial charge in [-0.05, 0) is 19.9 Å². The van der Waals surface area contributed by atoms with E-state index in [2.05, 4.69) is 10.1 Å². The van der Waals surface area contributed by atoms with Crippen LogP contribution in [0.5, 0.6) is 0 Å². The second kappa shape index (κ2) is 8.23. The SMILES string of the molecule is CCCN(CC(=O)NCC)CC(=O)OC. The number of nitrogens with zero attached hydrogens (tertiary/aromatic N) is 1. The molecule has 5 nitrogen and oxygen atoms in total. The fourth-order valence-corrected chi connectivity index (χ4v) is 1.23. The van der Waals surface area contributed by atoms with Crippen LogP contribution in [-0.2, 0) is 14.3 Å². The summed E-state index contributed by atoms with van der Waals surface area (Å²) in [7, 11) is 1.35. The van der Waals surface area contributed by atoms with Crippen LogP contribution in [0.25, 0.3) is 0 Å². The van der Waals surface area contributed by atoms with E-state index in [1.807, 2.05) is 13.8 Å². The minimum absolute atomic E-state index is 0.0603. The average Bonchev–Trinajstić information content (AvgIpc) is 2.18. The molecule has 0 saturated carbocycles. The maximum absolute atomic E-state index is 11.3. The zero-order valence-corrected chi connectivity index (χ0v) is 9.71. The lowest BCUT2D eigenvalue weighted by Crippen LogP contribution is -2.40. The predicted molar refractivity (Wildman–Crippen MR) is 57.4 cm³/mol. The molecule has 0 aliphatic carbocycles. The Kier molecular flexibility index (Phi) is 7.62. The van der Waals surface area contributed by atoms with Gasteiger partial charge in [0, 0.05) is 6.54 Å². The van der Waals surface area contributed by atoms with E-state index in [1.54, 1.807) is 4.90 Å². The Balaban J connectivity index is 4.02. The zero-order chi connectivity index (χ0) is 11.7. The number of likely N-dealkylation sites (N-methyl/N-ethyl adjacent to an activating group) is 1. The third-order valence-electron chi connectivity index (χ3n) is 1.86. The Morgan fingerprint density at radius 3 is 2.40 bits per heavy atom. The number of carbonyl (C=O) groups is 2. The molecule has 1 amide bonds. The molecule has 0 saturated heterocycles. The Hall–Kier alpha value is -1.10. The number of amides is 1. The summed E-state index contributed by atoms with van der Waals surface area (Å²) in [5.74, 6) is -0.373. The summed E-state index contributed by atoms with van der Waals surface area (Å²) in [6.45, 7) is 5.60. The van der Waals surface area contributed by atoms with E-state index in [4.69, 9.17) is 0 Å². The lowest BCUT2D eigenvalue weighted by molar-refractivity contribution is -0.142. The standard InChI is InChI=1S/C10H20N2O3/c1-4-6-12(8-10(14)15-3)7-9(13)11-5-2/h4-8H2,1-3H3,(H,11,13). The van der Waals surface area contributed by atoms with Crippen LogP contribution in [0.15, 0.2) is 0 Å². The zero-order valence-electron chi connectivity index (χ0n) is 9.71. The van der Waals surface area contributed by atoms with Crippen LogP contribution >= 0.6 is 0 Å². The van der Waals surface area contributed by atoms with Gasteiger partial charge in [0.25, 0.3) is 0 Å². The van der Waals surface area contributed by atoms with Gasteiger partial charge in [-0.3, -0.25) is 14.5 Å². The van der Waals surface area contributed by atoms with E-state index in [-0.39, 0.29) is 25.0 Å². The van der Waals surface area contributed by atoms with Gasteiger partial charge in [0.1, 0.15) is 0 Å². The number of hydrogen-bond donors (Lipinski definition) is 1. The molecule has 0 aromatic carbocycles. The molecule has 0 fully saturated rings. The number of ether oxygens (including phenoxy) is 1. The summed E-state index contributed by atoms with van der Waals surface area (Å²) >= 11 is 0. The first-order chi connectivity index (χ1) is 7.13. The number of hydrogen-bond acceptors (Lipinski definition) is 4. The second-order valence-electron chi connectivity index (χ2n) is 3.24. The Labute approximate surface area is 90.8 Å². The van der Waals surface area contributed by atoms with Crippen molar-refractivity contribution >= 4 is 11.9 Å². The smallest absolute Gasteiger partial charge is 0.319 e. The molecule has 0 aliphatic heterocycles. The highest BCUT2D eigenvalue weighted by Crippen LogP contribution is 1.92. The minimum atomic E-state index is -0.312. The summed E-state index contributed by atoms with van der Waals surface area (Å²) in [5, 5.41) is 2.69. The van der Waals surface area contributed by atoms with Gasteiger partial charge in [0.05, 0.1) is 20.2 Å². The largest absolute Gasteiger partial charge is 0.468 e. The molecule has 0 spiro atoms. The third kappa shape index (κ3) is 6.90. The molecule has 15 heavy (non-hydrogen) atoms. The quantitative estimate of drug-likeness (QED) is 0.609. The first-order valence-electron chi connectivity index (χ1n) is 5.19. The van der Waals surface area contributed by atoms with Gasteiger partial charge in [0.2, 0.25) is 5.91 Å². The van der Waals surface area contributed by atoms with Crippen molar-refractivity contribution in [3.63, 3.8) is 0 Å². The first-order valence-corrected chi connectivity index (χ1v) is 5.19. The van der Waals surface area contributed by atoms with Gasteiger partial charge in [-0.2, -0.15) is 0 Å². The van der Waals surface area contributed by atoms with Gasteiger partial charge in [-0.1, -0.05) is 6.92 Å². The van der Waals surface area contributed by atoms with Crippen LogP contribution in [0.4, 0.5) is 0 Å². The van der Waals surface area contributed by atoms with Crippen molar-refractivity contribution in [1.82, 2.24) is 10.2 Å². The highest BCUT2D eigenvalue weighted by Gasteiger charge is 2.13. The molecule has 0 rings (SSSR count). The molecule has 0 radical (unpaired) electrons. The van der Waals surface area contributed by atoms with Gasteiger partial charge in [-0.25, -0.2) is 0 Å². The lowest BCUT2D eigenvalue weighted by Gasteiger charge is -2.19. The van der Waals surface area contributed by atoms with Crippen molar-refractivity contribution in [3.05, 3.63) is 0 Å². The van der Waals surface area contributed by atoms with Crippen molar-refractivity contribution in [2.45, 2.75) is 20.3 Å². The number of nitrogens with one attached hydrogen (secondary N) is 1. The fraction of sp³-hybridized carbons (Fsp3) is 0.800. The van der Waals surface area contributed by atoms with E-state index in [9.17, 15) is 9.59 Å². The summed E-state index contributed by atoms with van der Waals surface area (Å²) in [5.41, 5.74) is 0. The Morgan fingerprint density at radius 2 is 1.93 bits per heavy atom. The van der Waals surface area contributed by atoms with Crippen LogP contribution in [0.1, 0.15) is 20.3 Å². The molecule has 0 aromatic heterocycles. The van der Waals surface area contributed by atoms with E-state index in [0.717, 1.165) is 6.42 Å². The molecule has 88 valence electrons. The summed E-state index contributed by atoms with van der Waals surface area (Å²) in [4.78, 5) is 24.1. The maximum Gasteiger partial charge on any atom is 0.319 e. The highest BCUT2D eigenvalue weighted by molar-refractivity contribution is 5.79. The summed E-state index contributed by atoms with van der Waals surface area (Å²) in [6.07, 6.45) is 0.899. The summed E-state index contributed by atoms with van der Waals surface area (Å²) in [6, 6.07) is 0. The average molecular weight is 216 g/mol. The monoisotopic (exact) mass is 216 g/mol. The van der Waals surface area contributed by atoms with Crippen molar-refractivity contribution in [2.24, 2.45) is 0 Å². The maximum atomic E-state index is 11.3. The Bertz CT molecular complexity index is 207. The van der Waals surface area contributed by atoms with Crippen LogP contribution in [0, 0.1) is 0 Å². The molecule has 0 heterocycles. The first kappa shape index (κ1) is 13.9. The molecular formula is C10H20N2O3. The van der Waals surface area contributed by atoms with Gasteiger partial charge < -0.3 is 10.1 Å². The highest BCUT2D eigenvalue weighted by atomic mass is 16.5. The molecule has 1 N–H and O–H groups in total. The molecule has 0 unspecified atom stereocenters.